The van der Waals surface area contributed by atoms with Crippen LogP contribution in [0, 0.1) is 0 Å². The maximum Gasteiger partial charge on any atom is 0.0966 e. The molecule has 0 bridgehead atoms. The Morgan fingerprint density at radius 1 is 1.29 bits per heavy atom. The molecule has 0 aliphatic carbocycles. The Morgan fingerprint density at radius 3 is 2.43 bits per heavy atom. The number of hydrogen-bond donors (Lipinski definition) is 2. The molecule has 0 spiro atoms. The van der Waals surface area contributed by atoms with Crippen molar-refractivity contribution >= 4 is 0 Å². The molecule has 2 rings (SSSR count). The Balaban J connectivity index is 2.11. The lowest BCUT2D eigenvalue weighted by Crippen LogP contribution is -2.64. The van der Waals surface area contributed by atoms with Gasteiger partial charge in [-0.05, 0) is 26.3 Å². The zero-order valence-electron chi connectivity index (χ0n) is 8.83. The van der Waals surface area contributed by atoms with Crippen molar-refractivity contribution in [2.45, 2.75) is 30.4 Å². The van der Waals surface area contributed by atoms with Gasteiger partial charge in [-0.25, -0.2) is 0 Å². The maximum atomic E-state index is 10.5. The molecule has 0 aromatic heterocycles. The second kappa shape index (κ2) is 3.45. The van der Waals surface area contributed by atoms with Gasteiger partial charge in [-0.15, -0.1) is 0 Å². The molecule has 2 aliphatic heterocycles. The molecule has 82 valence electrons. The number of aliphatic hydroxyl groups is 1. The van der Waals surface area contributed by atoms with Gasteiger partial charge in [-0.3, -0.25) is 0 Å². The summed E-state index contributed by atoms with van der Waals surface area (Å²) in [5.74, 6) is 0. The first-order chi connectivity index (χ1) is 6.56. The Bertz CT molecular complexity index is 209. The zero-order valence-corrected chi connectivity index (χ0v) is 8.83. The first-order valence-corrected chi connectivity index (χ1v) is 5.33. The molecule has 0 radical (unpaired) electrons. The summed E-state index contributed by atoms with van der Waals surface area (Å²) < 4.78 is 5.29. The van der Waals surface area contributed by atoms with Crippen molar-refractivity contribution in [3.8, 4) is 0 Å². The van der Waals surface area contributed by atoms with Crippen LogP contribution in [0.15, 0.2) is 0 Å². The van der Waals surface area contributed by atoms with E-state index in [2.05, 4.69) is 4.90 Å². The van der Waals surface area contributed by atoms with Crippen LogP contribution >= 0.6 is 0 Å². The molecule has 3 N–H and O–H groups in total. The van der Waals surface area contributed by atoms with E-state index >= 15 is 0 Å². The fraction of sp³-hybridized carbons (Fsp3) is 1.00. The third-order valence-electron chi connectivity index (χ3n) is 3.75. The first kappa shape index (κ1) is 10.4. The minimum Gasteiger partial charge on any atom is -0.387 e. The standard InChI is InChI=1S/C10H20N2O2/c1-12-5-2-10(13,8-12)9(11)3-6-14-7-4-9/h13H,2-8,11H2,1H3. The number of likely N-dealkylation sites (N-methyl/N-ethyl adjacent to an activating group) is 1. The lowest BCUT2D eigenvalue weighted by Gasteiger charge is -2.44. The molecule has 2 saturated heterocycles. The van der Waals surface area contributed by atoms with Crippen LogP contribution < -0.4 is 5.73 Å². The molecule has 0 aromatic rings. The molecule has 2 heterocycles. The minimum atomic E-state index is -0.703. The number of ether oxygens (including phenoxy) is 1. The number of hydrogen-bond acceptors (Lipinski definition) is 4. The van der Waals surface area contributed by atoms with Crippen LogP contribution in [-0.4, -0.2) is 54.5 Å². The molecular weight excluding hydrogens is 180 g/mol. The summed E-state index contributed by atoms with van der Waals surface area (Å²) in [7, 11) is 2.03. The van der Waals surface area contributed by atoms with Crippen LogP contribution in [0.1, 0.15) is 19.3 Å². The largest absolute Gasteiger partial charge is 0.387 e. The summed E-state index contributed by atoms with van der Waals surface area (Å²) in [6.07, 6.45) is 2.34. The predicted octanol–water partition coefficient (Wildman–Crippen LogP) is -0.439. The molecule has 2 aliphatic rings. The van der Waals surface area contributed by atoms with Crippen molar-refractivity contribution in [3.05, 3.63) is 0 Å². The highest BCUT2D eigenvalue weighted by atomic mass is 16.5. The topological polar surface area (TPSA) is 58.7 Å². The first-order valence-electron chi connectivity index (χ1n) is 5.33. The fourth-order valence-electron chi connectivity index (χ4n) is 2.59. The van der Waals surface area contributed by atoms with Crippen LogP contribution in [-0.2, 0) is 4.74 Å². The number of rotatable bonds is 1. The van der Waals surface area contributed by atoms with Crippen molar-refractivity contribution in [2.75, 3.05) is 33.4 Å². The van der Waals surface area contributed by atoms with E-state index in [4.69, 9.17) is 10.5 Å². The lowest BCUT2D eigenvalue weighted by atomic mass is 9.74. The number of nitrogens with two attached hydrogens (primary N) is 1. The molecule has 1 unspecified atom stereocenters. The predicted molar refractivity (Wildman–Crippen MR) is 54.0 cm³/mol. The number of nitrogens with zero attached hydrogens (tertiary/aromatic N) is 1. The maximum absolute atomic E-state index is 10.5. The number of β-amino-alcohol motifs (C(OH)–C–C–N with tert-alkyl or cyclic N) is 1. The molecule has 0 aromatic carbocycles. The molecular formula is C10H20N2O2. The van der Waals surface area contributed by atoms with E-state index in [9.17, 15) is 5.11 Å². The van der Waals surface area contributed by atoms with Gasteiger partial charge < -0.3 is 20.5 Å². The molecule has 4 heteroatoms. The molecule has 2 fully saturated rings. The van der Waals surface area contributed by atoms with E-state index in [-0.39, 0.29) is 0 Å². The van der Waals surface area contributed by atoms with Crippen LogP contribution in [0.5, 0.6) is 0 Å². The zero-order chi connectivity index (χ0) is 10.2. The molecule has 0 amide bonds. The van der Waals surface area contributed by atoms with Gasteiger partial charge in [-0.1, -0.05) is 0 Å². The van der Waals surface area contributed by atoms with E-state index in [1.165, 1.54) is 0 Å². The highest BCUT2D eigenvalue weighted by molar-refractivity contribution is 5.08. The van der Waals surface area contributed by atoms with Gasteiger partial charge in [0.1, 0.15) is 0 Å². The summed E-state index contributed by atoms with van der Waals surface area (Å²) in [6.45, 7) is 3.00. The lowest BCUT2D eigenvalue weighted by molar-refractivity contribution is -0.0745. The number of likely N-dealkylation sites (tertiary alicyclic amines) is 1. The third kappa shape index (κ3) is 1.56. The van der Waals surface area contributed by atoms with Crippen LogP contribution in [0.25, 0.3) is 0 Å². The van der Waals surface area contributed by atoms with E-state index in [1.54, 1.807) is 0 Å². The average molecular weight is 200 g/mol. The Kier molecular flexibility index (Phi) is 2.55. The van der Waals surface area contributed by atoms with Crippen molar-refractivity contribution < 1.29 is 9.84 Å². The molecule has 4 nitrogen and oxygen atoms in total. The van der Waals surface area contributed by atoms with Crippen LogP contribution in [0.2, 0.25) is 0 Å². The second-order valence-electron chi connectivity index (χ2n) is 4.79. The van der Waals surface area contributed by atoms with E-state index in [1.807, 2.05) is 7.05 Å². The van der Waals surface area contributed by atoms with Gasteiger partial charge in [0.25, 0.3) is 0 Å². The summed E-state index contributed by atoms with van der Waals surface area (Å²) in [5.41, 5.74) is 5.17. The summed E-state index contributed by atoms with van der Waals surface area (Å²) in [5, 5.41) is 10.5. The minimum absolute atomic E-state index is 0.435. The van der Waals surface area contributed by atoms with Crippen LogP contribution in [0.4, 0.5) is 0 Å². The van der Waals surface area contributed by atoms with Crippen molar-refractivity contribution in [2.24, 2.45) is 5.73 Å². The fourth-order valence-corrected chi connectivity index (χ4v) is 2.59. The normalized spacial score (nSPS) is 38.8. The van der Waals surface area contributed by atoms with Crippen molar-refractivity contribution in [1.82, 2.24) is 4.90 Å². The summed E-state index contributed by atoms with van der Waals surface area (Å²) in [4.78, 5) is 2.14. The summed E-state index contributed by atoms with van der Waals surface area (Å²) >= 11 is 0. The van der Waals surface area contributed by atoms with Gasteiger partial charge in [0, 0.05) is 26.3 Å². The highest BCUT2D eigenvalue weighted by Crippen LogP contribution is 2.36. The van der Waals surface area contributed by atoms with Crippen molar-refractivity contribution in [3.63, 3.8) is 0 Å². The molecule has 14 heavy (non-hydrogen) atoms. The van der Waals surface area contributed by atoms with Crippen molar-refractivity contribution in [1.29, 1.82) is 0 Å². The average Bonchev–Trinajstić information content (AvgIpc) is 2.49. The molecule has 1 atom stereocenters. The third-order valence-corrected chi connectivity index (χ3v) is 3.75. The van der Waals surface area contributed by atoms with Crippen LogP contribution in [0.3, 0.4) is 0 Å². The van der Waals surface area contributed by atoms with Gasteiger partial charge in [0.05, 0.1) is 11.1 Å². The Hall–Kier alpha value is -0.160. The van der Waals surface area contributed by atoms with E-state index in [0.29, 0.717) is 19.8 Å². The Labute approximate surface area is 85.0 Å². The smallest absolute Gasteiger partial charge is 0.0966 e. The second-order valence-corrected chi connectivity index (χ2v) is 4.79. The molecule has 0 saturated carbocycles. The van der Waals surface area contributed by atoms with E-state index < -0.39 is 11.1 Å². The van der Waals surface area contributed by atoms with Gasteiger partial charge in [0.15, 0.2) is 0 Å². The highest BCUT2D eigenvalue weighted by Gasteiger charge is 2.51. The quantitative estimate of drug-likeness (QED) is 0.602. The van der Waals surface area contributed by atoms with E-state index in [0.717, 1.165) is 25.8 Å². The van der Waals surface area contributed by atoms with Gasteiger partial charge in [0.2, 0.25) is 0 Å². The Morgan fingerprint density at radius 2 is 1.93 bits per heavy atom. The van der Waals surface area contributed by atoms with Gasteiger partial charge >= 0.3 is 0 Å². The summed E-state index contributed by atoms with van der Waals surface area (Å²) in [6, 6.07) is 0. The van der Waals surface area contributed by atoms with Gasteiger partial charge in [-0.2, -0.15) is 0 Å². The monoisotopic (exact) mass is 200 g/mol. The SMILES string of the molecule is CN1CCC(O)(C2(N)CCOCC2)C1.